The van der Waals surface area contributed by atoms with Gasteiger partial charge in [0.15, 0.2) is 5.52 Å². The molecule has 27 heavy (non-hydrogen) atoms. The molecule has 0 unspecified atom stereocenters. The topological polar surface area (TPSA) is 74.5 Å². The van der Waals surface area contributed by atoms with E-state index in [-0.39, 0.29) is 11.7 Å². The van der Waals surface area contributed by atoms with Crippen molar-refractivity contribution in [2.24, 2.45) is 0 Å². The minimum Gasteiger partial charge on any atom is -0.323 e. The summed E-state index contributed by atoms with van der Waals surface area (Å²) in [5, 5.41) is 10.5. The van der Waals surface area contributed by atoms with Gasteiger partial charge in [-0.25, -0.2) is 9.02 Å². The first-order valence-electron chi connectivity index (χ1n) is 8.88. The number of hydrogen-bond donors (Lipinski definition) is 1. The van der Waals surface area contributed by atoms with Crippen molar-refractivity contribution in [1.29, 1.82) is 0 Å². The Morgan fingerprint density at radius 3 is 2.56 bits per heavy atom. The Hall–Kier alpha value is -2.84. The van der Waals surface area contributed by atoms with E-state index in [9.17, 15) is 9.18 Å². The first kappa shape index (κ1) is 17.6. The third-order valence-corrected chi connectivity index (χ3v) is 4.71. The van der Waals surface area contributed by atoms with Gasteiger partial charge in [0.25, 0.3) is 0 Å². The van der Waals surface area contributed by atoms with Crippen LogP contribution in [0.4, 0.5) is 10.1 Å². The highest BCUT2D eigenvalue weighted by molar-refractivity contribution is 5.99. The Morgan fingerprint density at radius 2 is 1.78 bits per heavy atom. The van der Waals surface area contributed by atoms with E-state index < -0.39 is 0 Å². The lowest BCUT2D eigenvalue weighted by atomic mass is 10.2. The van der Waals surface area contributed by atoms with Crippen LogP contribution in [0.2, 0.25) is 0 Å². The van der Waals surface area contributed by atoms with Gasteiger partial charge in [-0.3, -0.25) is 14.6 Å². The van der Waals surface area contributed by atoms with Gasteiger partial charge in [0, 0.05) is 32.7 Å². The van der Waals surface area contributed by atoms with Crippen molar-refractivity contribution in [2.45, 2.75) is 6.54 Å². The number of halogens is 1. The van der Waals surface area contributed by atoms with Gasteiger partial charge in [0.1, 0.15) is 11.3 Å². The summed E-state index contributed by atoms with van der Waals surface area (Å²) >= 11 is 0. The number of nitrogens with one attached hydrogen (secondary N) is 1. The van der Waals surface area contributed by atoms with Crippen LogP contribution in [-0.2, 0) is 11.3 Å². The number of anilines is 1. The maximum absolute atomic E-state index is 13.0. The molecule has 1 N–H and O–H groups in total. The molecule has 0 spiro atoms. The Bertz CT molecular complexity index is 919. The van der Waals surface area contributed by atoms with Crippen molar-refractivity contribution >= 4 is 22.6 Å². The summed E-state index contributed by atoms with van der Waals surface area (Å²) in [6.45, 7) is 4.48. The largest absolute Gasteiger partial charge is 0.323 e. The fourth-order valence-electron chi connectivity index (χ4n) is 3.25. The van der Waals surface area contributed by atoms with Crippen LogP contribution in [0.25, 0.3) is 11.0 Å². The van der Waals surface area contributed by atoms with Gasteiger partial charge < -0.3 is 5.32 Å². The zero-order chi connectivity index (χ0) is 18.6. The average Bonchev–Trinajstić information content (AvgIpc) is 3.15. The molecule has 140 valence electrons. The molecule has 0 bridgehead atoms. The van der Waals surface area contributed by atoms with E-state index in [0.29, 0.717) is 23.3 Å². The van der Waals surface area contributed by atoms with Crippen LogP contribution in [0.3, 0.4) is 0 Å². The third-order valence-electron chi connectivity index (χ3n) is 4.71. The highest BCUT2D eigenvalue weighted by atomic mass is 19.1. The van der Waals surface area contributed by atoms with Crippen LogP contribution in [-0.4, -0.2) is 58.7 Å². The van der Waals surface area contributed by atoms with Crippen LogP contribution in [0.5, 0.6) is 0 Å². The number of aromatic nitrogens is 2. The monoisotopic (exact) mass is 369 g/mol. The lowest BCUT2D eigenvalue weighted by Gasteiger charge is -2.34. The number of amides is 1. The van der Waals surface area contributed by atoms with Gasteiger partial charge in [0.05, 0.1) is 12.2 Å². The molecule has 1 saturated heterocycles. The van der Waals surface area contributed by atoms with Gasteiger partial charge in [-0.15, -0.1) is 0 Å². The average molecular weight is 369 g/mol. The molecule has 8 heteroatoms. The predicted molar refractivity (Wildman–Crippen MR) is 98.6 cm³/mol. The summed E-state index contributed by atoms with van der Waals surface area (Å²) < 4.78 is 17.7. The lowest BCUT2D eigenvalue weighted by Crippen LogP contribution is -2.48. The highest BCUT2D eigenvalue weighted by Crippen LogP contribution is 2.19. The first-order chi connectivity index (χ1) is 13.2. The van der Waals surface area contributed by atoms with Gasteiger partial charge in [-0.05, 0) is 40.1 Å². The smallest absolute Gasteiger partial charge is 0.238 e. The second-order valence-electron chi connectivity index (χ2n) is 6.66. The zero-order valence-corrected chi connectivity index (χ0v) is 14.8. The molecular formula is C19H20FN5O2. The number of carbonyl (C=O) groups excluding carboxylic acids is 1. The molecule has 2 heterocycles. The Morgan fingerprint density at radius 1 is 1.04 bits per heavy atom. The molecule has 7 nitrogen and oxygen atoms in total. The maximum atomic E-state index is 13.0. The maximum Gasteiger partial charge on any atom is 0.238 e. The Balaban J connectivity index is 1.27. The van der Waals surface area contributed by atoms with E-state index in [1.165, 1.54) is 12.1 Å². The summed E-state index contributed by atoms with van der Waals surface area (Å²) in [7, 11) is 0. The number of fused-ring (bicyclic) bond motifs is 1. The highest BCUT2D eigenvalue weighted by Gasteiger charge is 2.19. The van der Waals surface area contributed by atoms with Gasteiger partial charge >= 0.3 is 0 Å². The van der Waals surface area contributed by atoms with Crippen molar-refractivity contribution in [3.8, 4) is 0 Å². The molecule has 1 aromatic heterocycles. The number of hydrogen-bond acceptors (Lipinski definition) is 6. The van der Waals surface area contributed by atoms with Gasteiger partial charge in [0.2, 0.25) is 5.91 Å². The quantitative estimate of drug-likeness (QED) is 0.743. The summed E-state index contributed by atoms with van der Waals surface area (Å²) in [5.74, 6) is -0.302. The number of benzene rings is 2. The van der Waals surface area contributed by atoms with Crippen LogP contribution >= 0.6 is 0 Å². The first-order valence-corrected chi connectivity index (χ1v) is 8.88. The molecule has 0 atom stereocenters. The number of nitrogens with zero attached hydrogens (tertiary/aromatic N) is 4. The van der Waals surface area contributed by atoms with E-state index in [1.54, 1.807) is 18.2 Å². The third kappa shape index (κ3) is 4.29. The minimum absolute atomic E-state index is 0.0857. The van der Waals surface area contributed by atoms with Crippen LogP contribution in [0, 0.1) is 5.82 Å². The Kier molecular flexibility index (Phi) is 5.08. The minimum atomic E-state index is -0.216. The molecule has 3 aromatic rings. The Labute approximate surface area is 155 Å². The van der Waals surface area contributed by atoms with Crippen molar-refractivity contribution in [1.82, 2.24) is 20.1 Å². The molecule has 0 radical (unpaired) electrons. The SMILES string of the molecule is O=C(CN1CCN(Cc2ccc(F)cc2)CC1)Nc1cccc2nonc12. The van der Waals surface area contributed by atoms with Crippen LogP contribution < -0.4 is 5.32 Å². The molecule has 0 saturated carbocycles. The summed E-state index contributed by atoms with van der Waals surface area (Å²) in [6, 6.07) is 12.0. The fourth-order valence-corrected chi connectivity index (χ4v) is 3.25. The van der Waals surface area contributed by atoms with E-state index in [4.69, 9.17) is 4.63 Å². The second-order valence-corrected chi connectivity index (χ2v) is 6.66. The van der Waals surface area contributed by atoms with E-state index >= 15 is 0 Å². The molecule has 1 aliphatic rings. The standard InChI is InChI=1S/C19H20FN5O2/c20-15-6-4-14(5-7-15)12-24-8-10-25(11-9-24)13-18(26)21-16-2-1-3-17-19(16)23-27-22-17/h1-7H,8-13H2,(H,21,26). The molecular weight excluding hydrogens is 349 g/mol. The number of piperazine rings is 1. The fraction of sp³-hybridized carbons (Fsp3) is 0.316. The van der Waals surface area contributed by atoms with E-state index in [1.807, 2.05) is 12.1 Å². The van der Waals surface area contributed by atoms with Gasteiger partial charge in [-0.1, -0.05) is 18.2 Å². The summed E-state index contributed by atoms with van der Waals surface area (Å²) in [5.41, 5.74) is 2.86. The summed E-state index contributed by atoms with van der Waals surface area (Å²) in [6.07, 6.45) is 0. The molecule has 1 aliphatic heterocycles. The number of rotatable bonds is 5. The van der Waals surface area contributed by atoms with Crippen molar-refractivity contribution in [3.05, 3.63) is 53.8 Å². The van der Waals surface area contributed by atoms with Crippen molar-refractivity contribution in [2.75, 3.05) is 38.0 Å². The molecule has 0 aliphatic carbocycles. The second kappa shape index (κ2) is 7.81. The van der Waals surface area contributed by atoms with Gasteiger partial charge in [-0.2, -0.15) is 0 Å². The van der Waals surface area contributed by atoms with E-state index in [0.717, 1.165) is 38.3 Å². The van der Waals surface area contributed by atoms with Crippen molar-refractivity contribution in [3.63, 3.8) is 0 Å². The molecule has 4 rings (SSSR count). The molecule has 2 aromatic carbocycles. The zero-order valence-electron chi connectivity index (χ0n) is 14.8. The lowest BCUT2D eigenvalue weighted by molar-refractivity contribution is -0.117. The molecule has 1 fully saturated rings. The van der Waals surface area contributed by atoms with E-state index in [2.05, 4.69) is 25.4 Å². The number of carbonyl (C=O) groups is 1. The van der Waals surface area contributed by atoms with Crippen LogP contribution in [0.15, 0.2) is 47.1 Å². The summed E-state index contributed by atoms with van der Waals surface area (Å²) in [4.78, 5) is 16.8. The molecule has 1 amide bonds. The van der Waals surface area contributed by atoms with Crippen molar-refractivity contribution < 1.29 is 13.8 Å². The normalized spacial score (nSPS) is 15.9. The van der Waals surface area contributed by atoms with Crippen LogP contribution in [0.1, 0.15) is 5.56 Å². The predicted octanol–water partition coefficient (Wildman–Crippen LogP) is 2.12.